The lowest BCUT2D eigenvalue weighted by atomic mass is 10.00. The van der Waals surface area contributed by atoms with E-state index in [0.29, 0.717) is 43.5 Å². The van der Waals surface area contributed by atoms with E-state index in [1.54, 1.807) is 54.7 Å². The van der Waals surface area contributed by atoms with E-state index in [2.05, 4.69) is 37.4 Å². The standard InChI is InChI=1S/C30H36N2O5S/c1-21(2)22-8-10-24(11-9-22)37-20-27-26-13-17-38-28(26)12-14-32(27)29(33)19-31(15-16-35-3)30(34)23-6-5-7-25(18-23)36-4/h5-11,13,17-18,21,27H,12,14-16,19-20H2,1-4H3/t27-/m0/s1. The number of carbonyl (C=O) groups is 2. The lowest BCUT2D eigenvalue weighted by molar-refractivity contribution is -0.135. The van der Waals surface area contributed by atoms with Crippen LogP contribution in [0.5, 0.6) is 11.5 Å². The highest BCUT2D eigenvalue weighted by atomic mass is 32.1. The van der Waals surface area contributed by atoms with Gasteiger partial charge in [-0.1, -0.05) is 32.0 Å². The van der Waals surface area contributed by atoms with Crippen LogP contribution in [0.4, 0.5) is 0 Å². The Bertz CT molecular complexity index is 1220. The van der Waals surface area contributed by atoms with E-state index in [4.69, 9.17) is 14.2 Å². The zero-order valence-corrected chi connectivity index (χ0v) is 23.3. The van der Waals surface area contributed by atoms with Crippen LogP contribution in [0, 0.1) is 0 Å². The van der Waals surface area contributed by atoms with Gasteiger partial charge >= 0.3 is 0 Å². The molecule has 1 aromatic heterocycles. The van der Waals surface area contributed by atoms with Gasteiger partial charge in [-0.2, -0.15) is 0 Å². The van der Waals surface area contributed by atoms with Crippen LogP contribution in [0.25, 0.3) is 0 Å². The fourth-order valence-corrected chi connectivity index (χ4v) is 5.57. The van der Waals surface area contributed by atoms with E-state index >= 15 is 0 Å². The minimum Gasteiger partial charge on any atom is -0.497 e. The van der Waals surface area contributed by atoms with Crippen LogP contribution < -0.4 is 9.47 Å². The molecule has 1 aliphatic rings. The maximum absolute atomic E-state index is 13.7. The van der Waals surface area contributed by atoms with E-state index in [0.717, 1.165) is 17.7 Å². The van der Waals surface area contributed by atoms with Crippen molar-refractivity contribution in [2.24, 2.45) is 0 Å². The number of fused-ring (bicyclic) bond motifs is 1. The summed E-state index contributed by atoms with van der Waals surface area (Å²) < 4.78 is 16.7. The van der Waals surface area contributed by atoms with Crippen LogP contribution >= 0.6 is 11.3 Å². The van der Waals surface area contributed by atoms with Crippen molar-refractivity contribution in [3.63, 3.8) is 0 Å². The Kier molecular flexibility index (Phi) is 9.42. The smallest absolute Gasteiger partial charge is 0.254 e. The summed E-state index contributed by atoms with van der Waals surface area (Å²) in [7, 11) is 3.14. The molecule has 202 valence electrons. The fraction of sp³-hybridized carbons (Fsp3) is 0.400. The monoisotopic (exact) mass is 536 g/mol. The molecule has 0 unspecified atom stereocenters. The summed E-state index contributed by atoms with van der Waals surface area (Å²) in [4.78, 5) is 31.8. The first-order chi connectivity index (χ1) is 18.4. The summed E-state index contributed by atoms with van der Waals surface area (Å²) in [5.41, 5.74) is 2.84. The van der Waals surface area contributed by atoms with Crippen molar-refractivity contribution in [2.45, 2.75) is 32.2 Å². The van der Waals surface area contributed by atoms with E-state index in [1.807, 2.05) is 17.0 Å². The van der Waals surface area contributed by atoms with Gasteiger partial charge < -0.3 is 24.0 Å². The minimum absolute atomic E-state index is 0.0432. The minimum atomic E-state index is -0.236. The highest BCUT2D eigenvalue weighted by Gasteiger charge is 2.33. The van der Waals surface area contributed by atoms with Gasteiger partial charge in [-0.25, -0.2) is 0 Å². The summed E-state index contributed by atoms with van der Waals surface area (Å²) in [6, 6.07) is 17.0. The highest BCUT2D eigenvalue weighted by molar-refractivity contribution is 7.10. The molecule has 2 heterocycles. The van der Waals surface area contributed by atoms with Crippen molar-refractivity contribution in [1.82, 2.24) is 9.80 Å². The molecule has 0 bridgehead atoms. The van der Waals surface area contributed by atoms with Crippen molar-refractivity contribution in [3.05, 3.63) is 81.5 Å². The molecule has 8 heteroatoms. The predicted octanol–water partition coefficient (Wildman–Crippen LogP) is 5.17. The van der Waals surface area contributed by atoms with Crippen molar-refractivity contribution < 1.29 is 23.8 Å². The van der Waals surface area contributed by atoms with Gasteiger partial charge in [0.1, 0.15) is 24.7 Å². The first-order valence-electron chi connectivity index (χ1n) is 12.9. The van der Waals surface area contributed by atoms with Gasteiger partial charge in [-0.05, 0) is 65.2 Å². The molecule has 1 atom stereocenters. The second-order valence-corrected chi connectivity index (χ2v) is 10.6. The normalized spacial score (nSPS) is 14.8. The van der Waals surface area contributed by atoms with Gasteiger partial charge in [0.2, 0.25) is 5.91 Å². The van der Waals surface area contributed by atoms with Gasteiger partial charge in [-0.3, -0.25) is 9.59 Å². The van der Waals surface area contributed by atoms with E-state index in [9.17, 15) is 9.59 Å². The third-order valence-electron chi connectivity index (χ3n) is 6.87. The molecule has 4 rings (SSSR count). The molecule has 0 aliphatic carbocycles. The largest absolute Gasteiger partial charge is 0.497 e. The zero-order valence-electron chi connectivity index (χ0n) is 22.5. The Morgan fingerprint density at radius 1 is 1.08 bits per heavy atom. The zero-order chi connectivity index (χ0) is 27.1. The Labute approximate surface area is 228 Å². The molecular formula is C30H36N2O5S. The molecule has 0 N–H and O–H groups in total. The molecule has 2 aromatic carbocycles. The van der Waals surface area contributed by atoms with Crippen LogP contribution in [0.3, 0.4) is 0 Å². The molecule has 0 spiro atoms. The number of hydrogen-bond acceptors (Lipinski definition) is 6. The average Bonchev–Trinajstić information content (AvgIpc) is 3.43. The quantitative estimate of drug-likeness (QED) is 0.338. The molecule has 38 heavy (non-hydrogen) atoms. The van der Waals surface area contributed by atoms with Crippen LogP contribution in [0.15, 0.2) is 60.0 Å². The number of nitrogens with zero attached hydrogens (tertiary/aromatic N) is 2. The number of benzene rings is 2. The van der Waals surface area contributed by atoms with Gasteiger partial charge in [0, 0.05) is 30.6 Å². The van der Waals surface area contributed by atoms with E-state index in [-0.39, 0.29) is 24.4 Å². The number of methoxy groups -OCH3 is 2. The fourth-order valence-electron chi connectivity index (χ4n) is 4.65. The average molecular weight is 537 g/mol. The van der Waals surface area contributed by atoms with Gasteiger partial charge in [-0.15, -0.1) is 11.3 Å². The Morgan fingerprint density at radius 3 is 2.58 bits per heavy atom. The van der Waals surface area contributed by atoms with Crippen molar-refractivity contribution >= 4 is 23.2 Å². The molecule has 7 nitrogen and oxygen atoms in total. The topological polar surface area (TPSA) is 68.3 Å². The summed E-state index contributed by atoms with van der Waals surface area (Å²) in [5, 5.41) is 2.07. The SMILES string of the molecule is COCCN(CC(=O)N1CCc2sccc2[C@@H]1COc1ccc(C(C)C)cc1)C(=O)c1cccc(OC)c1. The highest BCUT2D eigenvalue weighted by Crippen LogP contribution is 2.34. The molecular weight excluding hydrogens is 500 g/mol. The molecule has 0 saturated heterocycles. The van der Waals surface area contributed by atoms with Crippen LogP contribution in [0.1, 0.15) is 52.2 Å². The Morgan fingerprint density at radius 2 is 1.87 bits per heavy atom. The molecule has 0 radical (unpaired) electrons. The van der Waals surface area contributed by atoms with E-state index in [1.165, 1.54) is 10.4 Å². The Balaban J connectivity index is 1.51. The number of carbonyl (C=O) groups excluding carboxylic acids is 2. The number of rotatable bonds is 11. The second-order valence-electron chi connectivity index (χ2n) is 9.64. The van der Waals surface area contributed by atoms with Crippen molar-refractivity contribution in [1.29, 1.82) is 0 Å². The molecule has 2 amide bonds. The van der Waals surface area contributed by atoms with Crippen molar-refractivity contribution in [2.75, 3.05) is 47.1 Å². The maximum Gasteiger partial charge on any atom is 0.254 e. The third-order valence-corrected chi connectivity index (χ3v) is 7.86. The van der Waals surface area contributed by atoms with Crippen LogP contribution in [-0.2, 0) is 16.0 Å². The number of hydrogen-bond donors (Lipinski definition) is 0. The maximum atomic E-state index is 13.7. The van der Waals surface area contributed by atoms with Gasteiger partial charge in [0.15, 0.2) is 0 Å². The summed E-state index contributed by atoms with van der Waals surface area (Å²) in [5.74, 6) is 1.47. The molecule has 3 aromatic rings. The summed E-state index contributed by atoms with van der Waals surface area (Å²) in [6.07, 6.45) is 0.792. The van der Waals surface area contributed by atoms with Crippen LogP contribution in [-0.4, -0.2) is 68.7 Å². The van der Waals surface area contributed by atoms with E-state index < -0.39 is 0 Å². The lowest BCUT2D eigenvalue weighted by Crippen LogP contribution is -2.48. The lowest BCUT2D eigenvalue weighted by Gasteiger charge is -2.37. The molecule has 0 fully saturated rings. The predicted molar refractivity (Wildman–Crippen MR) is 149 cm³/mol. The Hall–Kier alpha value is -3.36. The second kappa shape index (κ2) is 12.9. The van der Waals surface area contributed by atoms with Gasteiger partial charge in [0.25, 0.3) is 5.91 Å². The number of ether oxygens (including phenoxy) is 3. The first-order valence-corrected chi connectivity index (χ1v) is 13.8. The molecule has 0 saturated carbocycles. The third kappa shape index (κ3) is 6.55. The summed E-state index contributed by atoms with van der Waals surface area (Å²) >= 11 is 1.71. The summed E-state index contributed by atoms with van der Waals surface area (Å²) in [6.45, 7) is 5.84. The van der Waals surface area contributed by atoms with Crippen molar-refractivity contribution in [3.8, 4) is 11.5 Å². The van der Waals surface area contributed by atoms with Crippen LogP contribution in [0.2, 0.25) is 0 Å². The first kappa shape index (κ1) is 27.7. The van der Waals surface area contributed by atoms with Gasteiger partial charge in [0.05, 0.1) is 19.8 Å². The molecule has 1 aliphatic heterocycles. The number of amides is 2. The number of thiophene rings is 1.